The summed E-state index contributed by atoms with van der Waals surface area (Å²) in [4.78, 5) is 23.9. The summed E-state index contributed by atoms with van der Waals surface area (Å²) < 4.78 is 0. The lowest BCUT2D eigenvalue weighted by Crippen LogP contribution is -2.23. The fraction of sp³-hybridized carbons (Fsp3) is 0.438. The second-order valence-electron chi connectivity index (χ2n) is 5.68. The maximum Gasteiger partial charge on any atom is 0.254 e. The highest BCUT2D eigenvalue weighted by Gasteiger charge is 2.27. The molecular weight excluding hydrogens is 250 g/mol. The summed E-state index contributed by atoms with van der Waals surface area (Å²) in [5, 5.41) is 0. The minimum atomic E-state index is -0.0203. The molecule has 1 aliphatic rings. The molecule has 1 unspecified atom stereocenters. The van der Waals surface area contributed by atoms with Gasteiger partial charge in [-0.15, -0.1) is 0 Å². The van der Waals surface area contributed by atoms with Crippen LogP contribution in [-0.2, 0) is 6.42 Å². The molecule has 0 amide bonds. The lowest BCUT2D eigenvalue weighted by Gasteiger charge is -2.25. The van der Waals surface area contributed by atoms with E-state index < -0.39 is 0 Å². The number of H-pyrrole nitrogens is 1. The highest BCUT2D eigenvalue weighted by molar-refractivity contribution is 5.36. The molecule has 1 N–H and O–H groups in total. The lowest BCUT2D eigenvalue weighted by atomic mass is 9.82. The van der Waals surface area contributed by atoms with Crippen molar-refractivity contribution in [2.24, 2.45) is 0 Å². The summed E-state index contributed by atoms with van der Waals surface area (Å²) in [5.74, 6) is 0.316. The fourth-order valence-electron chi connectivity index (χ4n) is 3.14. The van der Waals surface area contributed by atoms with Crippen LogP contribution in [0.4, 0.5) is 0 Å². The van der Waals surface area contributed by atoms with Crippen LogP contribution in [0.3, 0.4) is 0 Å². The van der Waals surface area contributed by atoms with Crippen LogP contribution in [-0.4, -0.2) is 15.0 Å². The van der Waals surface area contributed by atoms with Crippen molar-refractivity contribution in [1.29, 1.82) is 0 Å². The molecule has 0 saturated carbocycles. The number of hydrogen-bond acceptors (Lipinski definition) is 3. The van der Waals surface area contributed by atoms with E-state index in [1.54, 1.807) is 0 Å². The summed E-state index contributed by atoms with van der Waals surface area (Å²) in [5.41, 5.74) is 4.08. The molecule has 2 aromatic heterocycles. The fourth-order valence-corrected chi connectivity index (χ4v) is 3.14. The van der Waals surface area contributed by atoms with Crippen LogP contribution in [0, 0.1) is 0 Å². The quantitative estimate of drug-likeness (QED) is 0.912. The molecule has 4 heteroatoms. The van der Waals surface area contributed by atoms with Crippen molar-refractivity contribution in [3.05, 3.63) is 57.5 Å². The van der Waals surface area contributed by atoms with Crippen LogP contribution in [0.25, 0.3) is 0 Å². The van der Waals surface area contributed by atoms with E-state index in [9.17, 15) is 4.79 Å². The van der Waals surface area contributed by atoms with Gasteiger partial charge in [0.2, 0.25) is 0 Å². The summed E-state index contributed by atoms with van der Waals surface area (Å²) >= 11 is 0. The van der Waals surface area contributed by atoms with Gasteiger partial charge in [0.15, 0.2) is 0 Å². The average Bonchev–Trinajstić information content (AvgIpc) is 2.46. The van der Waals surface area contributed by atoms with Crippen LogP contribution in [0.5, 0.6) is 0 Å². The number of aromatic nitrogens is 3. The van der Waals surface area contributed by atoms with Gasteiger partial charge in [-0.05, 0) is 36.8 Å². The molecule has 1 atom stereocenters. The van der Waals surface area contributed by atoms with Gasteiger partial charge in [0.25, 0.3) is 5.56 Å². The molecule has 4 nitrogen and oxygen atoms in total. The molecule has 1 aliphatic carbocycles. The zero-order valence-corrected chi connectivity index (χ0v) is 11.9. The first-order chi connectivity index (χ1) is 9.68. The van der Waals surface area contributed by atoms with Crippen molar-refractivity contribution in [2.75, 3.05) is 0 Å². The van der Waals surface area contributed by atoms with E-state index in [0.29, 0.717) is 0 Å². The number of aromatic amines is 1. The number of hydrogen-bond donors (Lipinski definition) is 1. The number of nitrogens with zero attached hydrogens (tertiary/aromatic N) is 2. The van der Waals surface area contributed by atoms with Crippen LogP contribution in [0.15, 0.2) is 29.5 Å². The van der Waals surface area contributed by atoms with Gasteiger partial charge >= 0.3 is 0 Å². The Hall–Kier alpha value is -1.97. The maximum absolute atomic E-state index is 12.1. The van der Waals surface area contributed by atoms with E-state index >= 15 is 0 Å². The van der Waals surface area contributed by atoms with Gasteiger partial charge in [0.05, 0.1) is 17.7 Å². The van der Waals surface area contributed by atoms with Crippen LogP contribution in [0.2, 0.25) is 0 Å². The molecule has 2 aromatic rings. The molecule has 0 bridgehead atoms. The van der Waals surface area contributed by atoms with Crippen molar-refractivity contribution >= 4 is 0 Å². The molecule has 104 valence electrons. The third kappa shape index (κ3) is 2.15. The Kier molecular flexibility index (Phi) is 3.38. The highest BCUT2D eigenvalue weighted by Crippen LogP contribution is 2.36. The number of rotatable bonds is 2. The third-order valence-corrected chi connectivity index (χ3v) is 4.02. The van der Waals surface area contributed by atoms with Gasteiger partial charge in [-0.3, -0.25) is 9.78 Å². The Morgan fingerprint density at radius 3 is 2.95 bits per heavy atom. The smallest absolute Gasteiger partial charge is 0.254 e. The molecule has 20 heavy (non-hydrogen) atoms. The summed E-state index contributed by atoms with van der Waals surface area (Å²) in [6.45, 7) is 4.08. The monoisotopic (exact) mass is 269 g/mol. The van der Waals surface area contributed by atoms with Crippen molar-refractivity contribution < 1.29 is 0 Å². The number of pyridine rings is 1. The molecule has 0 aliphatic heterocycles. The van der Waals surface area contributed by atoms with Gasteiger partial charge in [0, 0.05) is 17.7 Å². The Balaban J connectivity index is 2.16. The van der Waals surface area contributed by atoms with Crippen molar-refractivity contribution in [3.8, 4) is 0 Å². The minimum Gasteiger partial charge on any atom is -0.313 e. The van der Waals surface area contributed by atoms with Crippen molar-refractivity contribution in [1.82, 2.24) is 15.0 Å². The highest BCUT2D eigenvalue weighted by atomic mass is 16.1. The molecule has 3 rings (SSSR count). The van der Waals surface area contributed by atoms with E-state index in [4.69, 9.17) is 0 Å². The predicted octanol–water partition coefficient (Wildman–Crippen LogP) is 2.76. The van der Waals surface area contributed by atoms with E-state index in [2.05, 4.69) is 21.0 Å². The Morgan fingerprint density at radius 2 is 2.15 bits per heavy atom. The van der Waals surface area contributed by atoms with Gasteiger partial charge in [-0.25, -0.2) is 4.98 Å². The zero-order chi connectivity index (χ0) is 14.1. The van der Waals surface area contributed by atoms with Crippen molar-refractivity contribution in [2.45, 2.75) is 44.9 Å². The molecular formula is C16H19N3O. The first-order valence-corrected chi connectivity index (χ1v) is 7.19. The van der Waals surface area contributed by atoms with Crippen LogP contribution < -0.4 is 5.56 Å². The standard InChI is InChI=1S/C16H19N3O/c1-10(2)13-15(18-9-19-16(13)20)12-7-3-5-11-6-4-8-17-14(11)12/h4,6,8-10,12H,3,5,7H2,1-2H3,(H,18,19,20). The van der Waals surface area contributed by atoms with Gasteiger partial charge in [-0.1, -0.05) is 19.9 Å². The lowest BCUT2D eigenvalue weighted by molar-refractivity contribution is 0.576. The Bertz CT molecular complexity index is 675. The number of nitrogens with one attached hydrogen (secondary N) is 1. The van der Waals surface area contributed by atoms with E-state index in [1.807, 2.05) is 26.1 Å². The normalized spacial score (nSPS) is 18.1. The molecule has 2 heterocycles. The molecule has 0 aromatic carbocycles. The Labute approximate surface area is 118 Å². The van der Waals surface area contributed by atoms with E-state index in [1.165, 1.54) is 11.9 Å². The second kappa shape index (κ2) is 5.19. The summed E-state index contributed by atoms with van der Waals surface area (Å²) in [6.07, 6.45) is 6.55. The molecule has 0 fully saturated rings. The second-order valence-corrected chi connectivity index (χ2v) is 5.68. The predicted molar refractivity (Wildman–Crippen MR) is 78.0 cm³/mol. The minimum absolute atomic E-state index is 0.0203. The first-order valence-electron chi connectivity index (χ1n) is 7.19. The SMILES string of the molecule is CC(C)c1c(C2CCCc3cccnc32)nc[nH]c1=O. The molecule has 0 spiro atoms. The number of aryl methyl sites for hydroxylation is 1. The van der Waals surface area contributed by atoms with Crippen LogP contribution >= 0.6 is 0 Å². The van der Waals surface area contributed by atoms with Gasteiger partial charge in [-0.2, -0.15) is 0 Å². The van der Waals surface area contributed by atoms with Gasteiger partial charge in [0.1, 0.15) is 0 Å². The van der Waals surface area contributed by atoms with Crippen LogP contribution in [0.1, 0.15) is 61.0 Å². The summed E-state index contributed by atoms with van der Waals surface area (Å²) in [6, 6.07) is 4.12. The largest absolute Gasteiger partial charge is 0.313 e. The topological polar surface area (TPSA) is 58.6 Å². The van der Waals surface area contributed by atoms with E-state index in [-0.39, 0.29) is 17.4 Å². The zero-order valence-electron chi connectivity index (χ0n) is 11.9. The van der Waals surface area contributed by atoms with Crippen molar-refractivity contribution in [3.63, 3.8) is 0 Å². The van der Waals surface area contributed by atoms with E-state index in [0.717, 1.165) is 36.2 Å². The third-order valence-electron chi connectivity index (χ3n) is 4.02. The Morgan fingerprint density at radius 1 is 1.30 bits per heavy atom. The number of fused-ring (bicyclic) bond motifs is 1. The first kappa shape index (κ1) is 13.0. The summed E-state index contributed by atoms with van der Waals surface area (Å²) in [7, 11) is 0. The molecule has 0 radical (unpaired) electrons. The molecule has 0 saturated heterocycles. The average molecular weight is 269 g/mol. The maximum atomic E-state index is 12.1. The van der Waals surface area contributed by atoms with Gasteiger partial charge < -0.3 is 4.98 Å².